The third-order valence-electron chi connectivity index (χ3n) is 6.95. The van der Waals surface area contributed by atoms with Gasteiger partial charge in [0, 0.05) is 31.9 Å². The summed E-state index contributed by atoms with van der Waals surface area (Å²) in [6.07, 6.45) is 1.53. The van der Waals surface area contributed by atoms with Gasteiger partial charge in [0.15, 0.2) is 0 Å². The molecule has 46 heavy (non-hydrogen) atoms. The molecule has 0 fully saturated rings. The molecule has 0 saturated heterocycles. The Morgan fingerprint density at radius 1 is 0.717 bits per heavy atom. The number of benzene rings is 5. The quantitative estimate of drug-likeness (QED) is 0.103. The number of rotatable bonds is 10. The molecule has 3 N–H and O–H groups in total. The lowest BCUT2D eigenvalue weighted by atomic mass is 10.1. The Morgan fingerprint density at radius 2 is 1.37 bits per heavy atom. The highest BCUT2D eigenvalue weighted by molar-refractivity contribution is 8.00. The van der Waals surface area contributed by atoms with Crippen molar-refractivity contribution in [3.63, 3.8) is 0 Å². The first kappa shape index (κ1) is 32.6. The number of hydrogen-bond donors (Lipinski definition) is 3. The van der Waals surface area contributed by atoms with E-state index in [1.54, 1.807) is 84.9 Å². The van der Waals surface area contributed by atoms with Gasteiger partial charge in [-0.25, -0.2) is 0 Å². The zero-order chi connectivity index (χ0) is 32.5. The number of nitrogens with one attached hydrogen (secondary N) is 3. The largest absolute Gasteiger partial charge is 0.325 e. The van der Waals surface area contributed by atoms with Crippen LogP contribution < -0.4 is 16.0 Å². The van der Waals surface area contributed by atoms with Gasteiger partial charge >= 0.3 is 0 Å². The smallest absolute Gasteiger partial charge is 0.272 e. The predicted octanol–water partition coefficient (Wildman–Crippen LogP) is 9.18. The fraction of sp³-hybridized carbons (Fsp3) is 0.0541. The zero-order valence-corrected chi connectivity index (χ0v) is 27.0. The molecule has 5 aromatic carbocycles. The summed E-state index contributed by atoms with van der Waals surface area (Å²) in [4.78, 5) is 41.0. The molecule has 0 aliphatic heterocycles. The predicted molar refractivity (Wildman–Crippen MR) is 188 cm³/mol. The van der Waals surface area contributed by atoms with Crippen LogP contribution in [0.2, 0.25) is 10.0 Å². The lowest BCUT2D eigenvalue weighted by Gasteiger charge is -2.19. The third kappa shape index (κ3) is 8.46. The van der Waals surface area contributed by atoms with Crippen LogP contribution in [0.15, 0.2) is 138 Å². The molecule has 6 nitrogen and oxygen atoms in total. The van der Waals surface area contributed by atoms with E-state index in [2.05, 4.69) is 16.0 Å². The van der Waals surface area contributed by atoms with Crippen LogP contribution in [-0.4, -0.2) is 17.7 Å². The number of anilines is 2. The Hall–Kier alpha value is -4.82. The average Bonchev–Trinajstić information content (AvgIpc) is 3.07. The van der Waals surface area contributed by atoms with E-state index in [0.717, 1.165) is 16.0 Å². The summed E-state index contributed by atoms with van der Waals surface area (Å²) >= 11 is 14.0. The van der Waals surface area contributed by atoms with Gasteiger partial charge in [0.25, 0.3) is 11.8 Å². The highest BCUT2D eigenvalue weighted by atomic mass is 35.5. The molecule has 1 unspecified atom stereocenters. The first-order chi connectivity index (χ1) is 22.3. The van der Waals surface area contributed by atoms with E-state index in [-0.39, 0.29) is 11.6 Å². The highest BCUT2D eigenvalue weighted by Crippen LogP contribution is 2.38. The topological polar surface area (TPSA) is 87.3 Å². The van der Waals surface area contributed by atoms with Crippen molar-refractivity contribution in [3.05, 3.63) is 165 Å². The standard InChI is InChI=1S/C37H29Cl2N3O3S/c1-24-30(38)20-11-21-32(24)41-37(45)34(25-12-4-2-5-13-25)46-29-18-10-17-28(23-29)40-36(44)33(22-27-16-8-9-19-31(27)39)42-35(43)26-14-6-3-7-15-26/h2-23,34H,1H3,(H,40,44)(H,41,45)(H,42,43)/b33-22+. The number of hydrogen-bond acceptors (Lipinski definition) is 4. The van der Waals surface area contributed by atoms with Crippen molar-refractivity contribution < 1.29 is 14.4 Å². The minimum Gasteiger partial charge on any atom is -0.325 e. The summed E-state index contributed by atoms with van der Waals surface area (Å²) < 4.78 is 0. The molecule has 0 radical (unpaired) electrons. The monoisotopic (exact) mass is 665 g/mol. The van der Waals surface area contributed by atoms with Crippen molar-refractivity contribution in [3.8, 4) is 0 Å². The molecular formula is C37H29Cl2N3O3S. The molecule has 0 heterocycles. The lowest BCUT2D eigenvalue weighted by molar-refractivity contribution is -0.116. The van der Waals surface area contributed by atoms with Crippen LogP contribution in [0.1, 0.15) is 32.3 Å². The van der Waals surface area contributed by atoms with E-state index in [4.69, 9.17) is 23.2 Å². The Labute approximate surface area is 281 Å². The molecule has 0 aliphatic rings. The molecule has 0 aromatic heterocycles. The molecule has 0 saturated carbocycles. The minimum atomic E-state index is -0.605. The summed E-state index contributed by atoms with van der Waals surface area (Å²) in [5, 5.41) is 9.01. The SMILES string of the molecule is Cc1c(Cl)cccc1NC(=O)C(Sc1cccc(NC(=O)/C(=C\c2ccccc2Cl)NC(=O)c2ccccc2)c1)c1ccccc1. The van der Waals surface area contributed by atoms with Gasteiger partial charge in [0.05, 0.1) is 0 Å². The van der Waals surface area contributed by atoms with Gasteiger partial charge in [0.2, 0.25) is 5.91 Å². The van der Waals surface area contributed by atoms with Crippen molar-refractivity contribution in [1.29, 1.82) is 0 Å². The van der Waals surface area contributed by atoms with Crippen LogP contribution in [0.25, 0.3) is 6.08 Å². The Bertz CT molecular complexity index is 1900. The van der Waals surface area contributed by atoms with Gasteiger partial charge in [0.1, 0.15) is 10.9 Å². The second kappa shape index (κ2) is 15.5. The van der Waals surface area contributed by atoms with Crippen LogP contribution in [0.4, 0.5) is 11.4 Å². The molecule has 5 rings (SSSR count). The van der Waals surface area contributed by atoms with Gasteiger partial charge in [-0.2, -0.15) is 0 Å². The van der Waals surface area contributed by atoms with Crippen molar-refractivity contribution in [2.45, 2.75) is 17.1 Å². The number of carbonyl (C=O) groups is 3. The van der Waals surface area contributed by atoms with Crippen molar-refractivity contribution in [2.75, 3.05) is 10.6 Å². The Balaban J connectivity index is 1.39. The van der Waals surface area contributed by atoms with Crippen LogP contribution >= 0.6 is 35.0 Å². The zero-order valence-electron chi connectivity index (χ0n) is 24.7. The molecular weight excluding hydrogens is 637 g/mol. The molecule has 0 spiro atoms. The minimum absolute atomic E-state index is 0.0124. The first-order valence-electron chi connectivity index (χ1n) is 14.3. The fourth-order valence-corrected chi connectivity index (χ4v) is 5.96. The fourth-order valence-electron chi connectivity index (χ4n) is 4.51. The second-order valence-electron chi connectivity index (χ2n) is 10.2. The van der Waals surface area contributed by atoms with E-state index >= 15 is 0 Å². The number of thioether (sulfide) groups is 1. The maximum atomic E-state index is 13.7. The van der Waals surface area contributed by atoms with E-state index < -0.39 is 17.1 Å². The van der Waals surface area contributed by atoms with Crippen LogP contribution in [-0.2, 0) is 9.59 Å². The third-order valence-corrected chi connectivity index (χ3v) is 8.95. The Kier molecular flexibility index (Phi) is 10.9. The molecule has 230 valence electrons. The van der Waals surface area contributed by atoms with Gasteiger partial charge in [-0.3, -0.25) is 14.4 Å². The average molecular weight is 667 g/mol. The van der Waals surface area contributed by atoms with Gasteiger partial charge in [-0.1, -0.05) is 102 Å². The molecule has 5 aromatic rings. The normalized spacial score (nSPS) is 11.8. The first-order valence-corrected chi connectivity index (χ1v) is 15.9. The summed E-state index contributed by atoms with van der Waals surface area (Å²) in [6, 6.07) is 37.7. The maximum absolute atomic E-state index is 13.7. The van der Waals surface area contributed by atoms with E-state index in [9.17, 15) is 14.4 Å². The van der Waals surface area contributed by atoms with Crippen LogP contribution in [0.5, 0.6) is 0 Å². The van der Waals surface area contributed by atoms with E-state index in [0.29, 0.717) is 32.5 Å². The number of amides is 3. The molecule has 3 amide bonds. The lowest BCUT2D eigenvalue weighted by Crippen LogP contribution is -2.30. The number of carbonyl (C=O) groups excluding carboxylic acids is 3. The number of halogens is 2. The van der Waals surface area contributed by atoms with Gasteiger partial charge < -0.3 is 16.0 Å². The Morgan fingerprint density at radius 3 is 2.11 bits per heavy atom. The van der Waals surface area contributed by atoms with Crippen molar-refractivity contribution >= 4 is 70.1 Å². The summed E-state index contributed by atoms with van der Waals surface area (Å²) in [5.41, 5.74) is 3.68. The van der Waals surface area contributed by atoms with E-state index in [1.807, 2.05) is 49.4 Å². The summed E-state index contributed by atoms with van der Waals surface area (Å²) in [7, 11) is 0. The van der Waals surface area contributed by atoms with Crippen LogP contribution in [0.3, 0.4) is 0 Å². The van der Waals surface area contributed by atoms with Gasteiger partial charge in [-0.05, 0) is 78.2 Å². The van der Waals surface area contributed by atoms with E-state index in [1.165, 1.54) is 17.8 Å². The molecule has 0 bridgehead atoms. The molecule has 1 atom stereocenters. The summed E-state index contributed by atoms with van der Waals surface area (Å²) in [5.74, 6) is -1.20. The van der Waals surface area contributed by atoms with Gasteiger partial charge in [-0.15, -0.1) is 11.8 Å². The molecule has 0 aliphatic carbocycles. The molecule has 9 heteroatoms. The highest BCUT2D eigenvalue weighted by Gasteiger charge is 2.23. The maximum Gasteiger partial charge on any atom is 0.272 e. The second-order valence-corrected chi connectivity index (χ2v) is 12.2. The summed E-state index contributed by atoms with van der Waals surface area (Å²) in [6.45, 7) is 1.85. The van der Waals surface area contributed by atoms with Crippen LogP contribution in [0, 0.1) is 6.92 Å². The van der Waals surface area contributed by atoms with Crippen molar-refractivity contribution in [2.24, 2.45) is 0 Å². The van der Waals surface area contributed by atoms with Crippen molar-refractivity contribution in [1.82, 2.24) is 5.32 Å².